The molecule has 0 unspecified atom stereocenters. The maximum Gasteiger partial charge on any atom is 0.264 e. The highest BCUT2D eigenvalue weighted by Crippen LogP contribution is 2.31. The first-order valence-electron chi connectivity index (χ1n) is 9.64. The van der Waals surface area contributed by atoms with E-state index >= 15 is 0 Å². The summed E-state index contributed by atoms with van der Waals surface area (Å²) in [6, 6.07) is 26.8. The van der Waals surface area contributed by atoms with Crippen LogP contribution in [0.25, 0.3) is 22.2 Å². The van der Waals surface area contributed by atoms with Crippen molar-refractivity contribution in [3.8, 4) is 22.8 Å². The topological polar surface area (TPSA) is 51.7 Å². The molecule has 0 saturated heterocycles. The van der Waals surface area contributed by atoms with Crippen LogP contribution in [-0.4, -0.2) is 31.7 Å². The predicted molar refractivity (Wildman–Crippen MR) is 119 cm³/mol. The minimum absolute atomic E-state index is 0.0725. The standard InChI is InChI=1S/C25H22N2O3/c1-27(19-10-4-3-5-11-19)25(28)17-30-24-16-23(18-9-8-12-20(15-18)29-2)26-22-14-7-6-13-21(22)24/h3-16H,17H2,1-2H3. The maximum absolute atomic E-state index is 12.7. The number of carbonyl (C=O) groups is 1. The molecule has 1 amide bonds. The van der Waals surface area contributed by atoms with Gasteiger partial charge in [-0.15, -0.1) is 0 Å². The van der Waals surface area contributed by atoms with Crippen LogP contribution in [0.1, 0.15) is 0 Å². The number of pyridine rings is 1. The third kappa shape index (κ3) is 4.10. The van der Waals surface area contributed by atoms with Gasteiger partial charge in [-0.1, -0.05) is 42.5 Å². The molecule has 0 aliphatic carbocycles. The number of anilines is 1. The highest BCUT2D eigenvalue weighted by molar-refractivity contribution is 5.94. The number of ether oxygens (including phenoxy) is 2. The lowest BCUT2D eigenvalue weighted by molar-refractivity contribution is -0.120. The van der Waals surface area contributed by atoms with Gasteiger partial charge in [0.25, 0.3) is 5.91 Å². The number of rotatable bonds is 6. The highest BCUT2D eigenvalue weighted by Gasteiger charge is 2.14. The molecule has 0 spiro atoms. The number of likely N-dealkylation sites (N-methyl/N-ethyl adjacent to an activating group) is 1. The Morgan fingerprint density at radius 1 is 0.933 bits per heavy atom. The van der Waals surface area contributed by atoms with Gasteiger partial charge >= 0.3 is 0 Å². The van der Waals surface area contributed by atoms with Crippen molar-refractivity contribution in [3.63, 3.8) is 0 Å². The summed E-state index contributed by atoms with van der Waals surface area (Å²) in [7, 11) is 3.38. The van der Waals surface area contributed by atoms with E-state index in [0.29, 0.717) is 5.75 Å². The van der Waals surface area contributed by atoms with Crippen molar-refractivity contribution in [2.45, 2.75) is 0 Å². The van der Waals surface area contributed by atoms with Crippen LogP contribution in [0.15, 0.2) is 84.9 Å². The van der Waals surface area contributed by atoms with Gasteiger partial charge in [0.1, 0.15) is 11.5 Å². The molecule has 5 nitrogen and oxygen atoms in total. The molecular formula is C25H22N2O3. The minimum Gasteiger partial charge on any atom is -0.497 e. The summed E-state index contributed by atoms with van der Waals surface area (Å²) in [6.07, 6.45) is 0. The maximum atomic E-state index is 12.7. The van der Waals surface area contributed by atoms with Crippen LogP contribution in [0.3, 0.4) is 0 Å². The third-order valence-electron chi connectivity index (χ3n) is 4.91. The molecule has 4 rings (SSSR count). The van der Waals surface area contributed by atoms with E-state index in [1.165, 1.54) is 0 Å². The first kappa shape index (κ1) is 19.5. The van der Waals surface area contributed by atoms with E-state index in [1.54, 1.807) is 19.1 Å². The Labute approximate surface area is 175 Å². The lowest BCUT2D eigenvalue weighted by Gasteiger charge is -2.18. The molecule has 1 aromatic heterocycles. The Hall–Kier alpha value is -3.86. The van der Waals surface area contributed by atoms with E-state index in [0.717, 1.165) is 33.6 Å². The normalized spacial score (nSPS) is 10.6. The zero-order valence-corrected chi connectivity index (χ0v) is 16.9. The van der Waals surface area contributed by atoms with Crippen LogP contribution < -0.4 is 14.4 Å². The SMILES string of the molecule is COc1cccc(-c2cc(OCC(=O)N(C)c3ccccc3)c3ccccc3n2)c1. The fraction of sp³-hybridized carbons (Fsp3) is 0.120. The van der Waals surface area contributed by atoms with Gasteiger partial charge in [0, 0.05) is 29.8 Å². The molecule has 0 radical (unpaired) electrons. The number of hydrogen-bond donors (Lipinski definition) is 0. The fourth-order valence-corrected chi connectivity index (χ4v) is 3.23. The molecule has 30 heavy (non-hydrogen) atoms. The quantitative estimate of drug-likeness (QED) is 0.461. The molecule has 0 aliphatic rings. The second-order valence-electron chi connectivity index (χ2n) is 6.83. The summed E-state index contributed by atoms with van der Waals surface area (Å²) in [4.78, 5) is 19.0. The molecule has 0 saturated carbocycles. The summed E-state index contributed by atoms with van der Waals surface area (Å²) >= 11 is 0. The van der Waals surface area contributed by atoms with Crippen LogP contribution >= 0.6 is 0 Å². The van der Waals surface area contributed by atoms with Crippen LogP contribution in [0.5, 0.6) is 11.5 Å². The Morgan fingerprint density at radius 3 is 2.50 bits per heavy atom. The molecule has 0 N–H and O–H groups in total. The largest absolute Gasteiger partial charge is 0.497 e. The van der Waals surface area contributed by atoms with E-state index in [1.807, 2.05) is 84.9 Å². The van der Waals surface area contributed by atoms with Gasteiger partial charge in [-0.25, -0.2) is 4.98 Å². The van der Waals surface area contributed by atoms with Crippen molar-refractivity contribution >= 4 is 22.5 Å². The zero-order valence-electron chi connectivity index (χ0n) is 16.9. The van der Waals surface area contributed by atoms with Crippen molar-refractivity contribution in [2.75, 3.05) is 25.7 Å². The van der Waals surface area contributed by atoms with Crippen LogP contribution in [-0.2, 0) is 4.79 Å². The van der Waals surface area contributed by atoms with Gasteiger partial charge in [0.15, 0.2) is 6.61 Å². The molecule has 4 aromatic rings. The smallest absolute Gasteiger partial charge is 0.264 e. The van der Waals surface area contributed by atoms with E-state index in [2.05, 4.69) is 0 Å². The number of para-hydroxylation sites is 2. The fourth-order valence-electron chi connectivity index (χ4n) is 3.23. The second-order valence-corrected chi connectivity index (χ2v) is 6.83. The molecule has 0 fully saturated rings. The van der Waals surface area contributed by atoms with Gasteiger partial charge < -0.3 is 14.4 Å². The summed E-state index contributed by atoms with van der Waals surface area (Å²) in [5.74, 6) is 1.24. The van der Waals surface area contributed by atoms with Crippen molar-refractivity contribution in [1.29, 1.82) is 0 Å². The summed E-state index contributed by atoms with van der Waals surface area (Å²) in [5, 5.41) is 0.860. The molecule has 1 heterocycles. The molecule has 150 valence electrons. The Bertz CT molecular complexity index is 1180. The molecule has 0 atom stereocenters. The highest BCUT2D eigenvalue weighted by atomic mass is 16.5. The van der Waals surface area contributed by atoms with Crippen molar-refractivity contribution in [3.05, 3.63) is 84.9 Å². The van der Waals surface area contributed by atoms with Gasteiger partial charge in [-0.2, -0.15) is 0 Å². The van der Waals surface area contributed by atoms with Crippen LogP contribution in [0.4, 0.5) is 5.69 Å². The van der Waals surface area contributed by atoms with E-state index in [9.17, 15) is 4.79 Å². The number of hydrogen-bond acceptors (Lipinski definition) is 4. The average Bonchev–Trinajstić information content (AvgIpc) is 2.82. The van der Waals surface area contributed by atoms with E-state index in [4.69, 9.17) is 14.5 Å². The number of carbonyl (C=O) groups excluding carboxylic acids is 1. The van der Waals surface area contributed by atoms with Gasteiger partial charge in [-0.05, 0) is 36.4 Å². The second kappa shape index (κ2) is 8.66. The average molecular weight is 398 g/mol. The lowest BCUT2D eigenvalue weighted by Crippen LogP contribution is -2.31. The Balaban J connectivity index is 1.63. The molecular weight excluding hydrogens is 376 g/mol. The Kier molecular flexibility index (Phi) is 5.61. The number of benzene rings is 3. The van der Waals surface area contributed by atoms with E-state index < -0.39 is 0 Å². The number of nitrogens with zero attached hydrogens (tertiary/aromatic N) is 2. The Morgan fingerprint density at radius 2 is 1.70 bits per heavy atom. The summed E-state index contributed by atoms with van der Waals surface area (Å²) < 4.78 is 11.3. The number of aromatic nitrogens is 1. The molecule has 0 aliphatic heterocycles. The first-order valence-corrected chi connectivity index (χ1v) is 9.64. The molecule has 5 heteroatoms. The summed E-state index contributed by atoms with van der Waals surface area (Å²) in [6.45, 7) is -0.0725. The zero-order chi connectivity index (χ0) is 20.9. The summed E-state index contributed by atoms with van der Waals surface area (Å²) in [5.41, 5.74) is 3.29. The first-order chi connectivity index (χ1) is 14.7. The van der Waals surface area contributed by atoms with Gasteiger partial charge in [0.05, 0.1) is 18.3 Å². The van der Waals surface area contributed by atoms with Crippen molar-refractivity contribution < 1.29 is 14.3 Å². The van der Waals surface area contributed by atoms with Crippen LogP contribution in [0, 0.1) is 0 Å². The van der Waals surface area contributed by atoms with Gasteiger partial charge in [-0.3, -0.25) is 4.79 Å². The van der Waals surface area contributed by atoms with Crippen molar-refractivity contribution in [2.24, 2.45) is 0 Å². The molecule has 0 bridgehead atoms. The van der Waals surface area contributed by atoms with Crippen molar-refractivity contribution in [1.82, 2.24) is 4.98 Å². The third-order valence-corrected chi connectivity index (χ3v) is 4.91. The minimum atomic E-state index is -0.134. The number of amides is 1. The molecule has 3 aromatic carbocycles. The van der Waals surface area contributed by atoms with Crippen LogP contribution in [0.2, 0.25) is 0 Å². The number of fused-ring (bicyclic) bond motifs is 1. The number of methoxy groups -OCH3 is 1. The lowest BCUT2D eigenvalue weighted by atomic mass is 10.1. The monoisotopic (exact) mass is 398 g/mol. The van der Waals surface area contributed by atoms with Gasteiger partial charge in [0.2, 0.25) is 0 Å². The predicted octanol–water partition coefficient (Wildman–Crippen LogP) is 4.95. The van der Waals surface area contributed by atoms with E-state index in [-0.39, 0.29) is 12.5 Å².